The lowest BCUT2D eigenvalue weighted by Crippen LogP contribution is -1.78. The average molecular weight is 168 g/mol. The zero-order valence-electron chi connectivity index (χ0n) is 7.11. The fraction of sp³-hybridized carbons (Fsp3) is 0.222. The maximum absolute atomic E-state index is 10.1. The molecule has 0 saturated carbocycles. The standard InChI is InChI=1S/C7H6O3.C2H6/c8-4-5-1-2-6(9)3-7(5)10;1-2/h1-4,9-10H;1-2H3. The van der Waals surface area contributed by atoms with E-state index < -0.39 is 0 Å². The number of aromatic hydroxyl groups is 2. The van der Waals surface area contributed by atoms with Gasteiger partial charge in [-0.25, -0.2) is 0 Å². The van der Waals surface area contributed by atoms with Gasteiger partial charge in [-0.2, -0.15) is 0 Å². The minimum atomic E-state index is -0.199. The van der Waals surface area contributed by atoms with Gasteiger partial charge in [-0.15, -0.1) is 0 Å². The molecule has 0 aliphatic rings. The number of hydrogen-bond donors (Lipinski definition) is 2. The number of carbonyl (C=O) groups is 1. The van der Waals surface area contributed by atoms with E-state index in [4.69, 9.17) is 10.2 Å². The van der Waals surface area contributed by atoms with E-state index >= 15 is 0 Å². The van der Waals surface area contributed by atoms with Gasteiger partial charge in [0.25, 0.3) is 0 Å². The van der Waals surface area contributed by atoms with Crippen molar-refractivity contribution in [3.05, 3.63) is 23.8 Å². The second-order valence-corrected chi connectivity index (χ2v) is 1.86. The Hall–Kier alpha value is -1.51. The Morgan fingerprint density at radius 2 is 1.83 bits per heavy atom. The van der Waals surface area contributed by atoms with Crippen molar-refractivity contribution < 1.29 is 15.0 Å². The Bertz CT molecular complexity index is 256. The fourth-order valence-electron chi connectivity index (χ4n) is 0.632. The van der Waals surface area contributed by atoms with Crippen molar-refractivity contribution in [2.45, 2.75) is 13.8 Å². The van der Waals surface area contributed by atoms with Crippen LogP contribution in [0.2, 0.25) is 0 Å². The summed E-state index contributed by atoms with van der Waals surface area (Å²) in [6.45, 7) is 4.00. The number of phenols is 2. The molecule has 0 amide bonds. The van der Waals surface area contributed by atoms with E-state index in [2.05, 4.69) is 0 Å². The minimum absolute atomic E-state index is 0.0527. The lowest BCUT2D eigenvalue weighted by Gasteiger charge is -1.95. The first kappa shape index (κ1) is 10.5. The summed E-state index contributed by atoms with van der Waals surface area (Å²) in [7, 11) is 0. The highest BCUT2D eigenvalue weighted by molar-refractivity contribution is 5.79. The predicted molar refractivity (Wildman–Crippen MR) is 46.5 cm³/mol. The molecule has 0 aliphatic carbocycles. The fourth-order valence-corrected chi connectivity index (χ4v) is 0.632. The van der Waals surface area contributed by atoms with E-state index in [0.717, 1.165) is 6.07 Å². The third-order valence-corrected chi connectivity index (χ3v) is 1.14. The van der Waals surface area contributed by atoms with E-state index in [-0.39, 0.29) is 17.1 Å². The third kappa shape index (κ3) is 2.62. The molecular formula is C9H12O3. The van der Waals surface area contributed by atoms with E-state index in [1.165, 1.54) is 12.1 Å². The van der Waals surface area contributed by atoms with Gasteiger partial charge in [0, 0.05) is 6.07 Å². The van der Waals surface area contributed by atoms with E-state index in [0.29, 0.717) is 6.29 Å². The van der Waals surface area contributed by atoms with Gasteiger partial charge in [-0.1, -0.05) is 13.8 Å². The van der Waals surface area contributed by atoms with Crippen molar-refractivity contribution in [1.82, 2.24) is 0 Å². The number of carbonyl (C=O) groups excluding carboxylic acids is 1. The van der Waals surface area contributed by atoms with E-state index in [9.17, 15) is 4.79 Å². The van der Waals surface area contributed by atoms with Crippen molar-refractivity contribution in [3.63, 3.8) is 0 Å². The highest BCUT2D eigenvalue weighted by Gasteiger charge is 1.98. The molecule has 0 heterocycles. The predicted octanol–water partition coefficient (Wildman–Crippen LogP) is 1.94. The van der Waals surface area contributed by atoms with Gasteiger partial charge in [0.1, 0.15) is 11.5 Å². The Labute approximate surface area is 71.3 Å². The molecule has 0 saturated heterocycles. The van der Waals surface area contributed by atoms with Gasteiger partial charge in [0.15, 0.2) is 6.29 Å². The van der Waals surface area contributed by atoms with Gasteiger partial charge in [-0.05, 0) is 12.1 Å². The summed E-state index contributed by atoms with van der Waals surface area (Å²) in [5, 5.41) is 17.7. The van der Waals surface area contributed by atoms with E-state index in [1.807, 2.05) is 13.8 Å². The van der Waals surface area contributed by atoms with Gasteiger partial charge in [0.05, 0.1) is 5.56 Å². The Morgan fingerprint density at radius 1 is 1.25 bits per heavy atom. The molecule has 1 rings (SSSR count). The van der Waals surface area contributed by atoms with Crippen molar-refractivity contribution in [1.29, 1.82) is 0 Å². The summed E-state index contributed by atoms with van der Waals surface area (Å²) in [4.78, 5) is 10.1. The number of hydrogen-bond acceptors (Lipinski definition) is 3. The van der Waals surface area contributed by atoms with Crippen LogP contribution in [-0.4, -0.2) is 16.5 Å². The molecule has 2 N–H and O–H groups in total. The van der Waals surface area contributed by atoms with Gasteiger partial charge in [0.2, 0.25) is 0 Å². The zero-order chi connectivity index (χ0) is 9.56. The van der Waals surface area contributed by atoms with Crippen molar-refractivity contribution in [2.75, 3.05) is 0 Å². The molecule has 3 heteroatoms. The summed E-state index contributed by atoms with van der Waals surface area (Å²) in [5.41, 5.74) is 0.179. The molecule has 0 radical (unpaired) electrons. The van der Waals surface area contributed by atoms with Crippen molar-refractivity contribution in [2.24, 2.45) is 0 Å². The smallest absolute Gasteiger partial charge is 0.153 e. The van der Waals surface area contributed by atoms with Crippen LogP contribution in [0.1, 0.15) is 24.2 Å². The van der Waals surface area contributed by atoms with Crippen LogP contribution in [0.3, 0.4) is 0 Å². The first-order valence-electron chi connectivity index (χ1n) is 3.71. The average Bonchev–Trinajstić information content (AvgIpc) is 2.08. The number of phenolic OH excluding ortho intramolecular Hbond substituents is 2. The van der Waals surface area contributed by atoms with Gasteiger partial charge < -0.3 is 10.2 Å². The van der Waals surface area contributed by atoms with Crippen LogP contribution < -0.4 is 0 Å². The summed E-state index contributed by atoms with van der Waals surface area (Å²) >= 11 is 0. The Kier molecular flexibility index (Phi) is 4.53. The lowest BCUT2D eigenvalue weighted by molar-refractivity contribution is 0.112. The monoisotopic (exact) mass is 168 g/mol. The molecule has 1 aromatic rings. The summed E-state index contributed by atoms with van der Waals surface area (Å²) in [6, 6.07) is 3.80. The zero-order valence-corrected chi connectivity index (χ0v) is 7.11. The van der Waals surface area contributed by atoms with Crippen LogP contribution in [0.4, 0.5) is 0 Å². The minimum Gasteiger partial charge on any atom is -0.508 e. The topological polar surface area (TPSA) is 57.5 Å². The lowest BCUT2D eigenvalue weighted by atomic mass is 10.2. The second kappa shape index (κ2) is 5.18. The molecule has 0 aromatic heterocycles. The molecule has 0 bridgehead atoms. The Balaban J connectivity index is 0.000000561. The van der Waals surface area contributed by atoms with Crippen LogP contribution in [0, 0.1) is 0 Å². The quantitative estimate of drug-likeness (QED) is 0.630. The SMILES string of the molecule is CC.O=Cc1ccc(O)cc1O. The molecule has 12 heavy (non-hydrogen) atoms. The molecule has 0 fully saturated rings. The number of aldehydes is 1. The maximum atomic E-state index is 10.1. The second-order valence-electron chi connectivity index (χ2n) is 1.86. The molecule has 66 valence electrons. The molecule has 0 unspecified atom stereocenters. The number of benzene rings is 1. The normalized spacial score (nSPS) is 8.17. The summed E-state index contributed by atoms with van der Waals surface area (Å²) in [5.74, 6) is -0.252. The molecule has 0 aliphatic heterocycles. The summed E-state index contributed by atoms with van der Waals surface area (Å²) in [6.07, 6.45) is 0.523. The van der Waals surface area contributed by atoms with Crippen LogP contribution in [0.5, 0.6) is 11.5 Å². The third-order valence-electron chi connectivity index (χ3n) is 1.14. The van der Waals surface area contributed by atoms with Crippen molar-refractivity contribution >= 4 is 6.29 Å². The summed E-state index contributed by atoms with van der Waals surface area (Å²) < 4.78 is 0. The Morgan fingerprint density at radius 3 is 2.25 bits per heavy atom. The molecular weight excluding hydrogens is 156 g/mol. The maximum Gasteiger partial charge on any atom is 0.153 e. The number of rotatable bonds is 1. The first-order chi connectivity index (χ1) is 5.74. The molecule has 0 atom stereocenters. The molecule has 3 nitrogen and oxygen atoms in total. The highest BCUT2D eigenvalue weighted by atomic mass is 16.3. The van der Waals surface area contributed by atoms with Crippen LogP contribution in [0.25, 0.3) is 0 Å². The first-order valence-corrected chi connectivity index (χ1v) is 3.71. The molecule has 1 aromatic carbocycles. The van der Waals surface area contributed by atoms with Crippen LogP contribution >= 0.6 is 0 Å². The van der Waals surface area contributed by atoms with Crippen LogP contribution in [-0.2, 0) is 0 Å². The van der Waals surface area contributed by atoms with Gasteiger partial charge >= 0.3 is 0 Å². The van der Waals surface area contributed by atoms with Gasteiger partial charge in [-0.3, -0.25) is 4.79 Å². The van der Waals surface area contributed by atoms with Crippen molar-refractivity contribution in [3.8, 4) is 11.5 Å². The largest absolute Gasteiger partial charge is 0.508 e. The highest BCUT2D eigenvalue weighted by Crippen LogP contribution is 2.20. The molecule has 0 spiro atoms. The van der Waals surface area contributed by atoms with E-state index in [1.54, 1.807) is 0 Å². The van der Waals surface area contributed by atoms with Crippen LogP contribution in [0.15, 0.2) is 18.2 Å².